The van der Waals surface area contributed by atoms with Crippen LogP contribution in [-0.4, -0.2) is 45.4 Å². The molecule has 0 aromatic heterocycles. The fourth-order valence-corrected chi connectivity index (χ4v) is 4.53. The van der Waals surface area contributed by atoms with Crippen molar-refractivity contribution in [1.29, 1.82) is 0 Å². The Hall–Kier alpha value is -1.44. The smallest absolute Gasteiger partial charge is 0.240 e. The number of aryl methyl sites for hydroxylation is 1. The van der Waals surface area contributed by atoms with Crippen molar-refractivity contribution in [3.63, 3.8) is 0 Å². The molecular formula is C18H27N3O3S. The summed E-state index contributed by atoms with van der Waals surface area (Å²) >= 11 is 0. The van der Waals surface area contributed by atoms with Crippen molar-refractivity contribution in [2.45, 2.75) is 43.9 Å². The maximum absolute atomic E-state index is 12.5. The van der Waals surface area contributed by atoms with Gasteiger partial charge in [-0.1, -0.05) is 6.92 Å². The molecule has 2 aliphatic heterocycles. The number of carbonyl (C=O) groups is 1. The first-order chi connectivity index (χ1) is 11.9. The number of nitrogens with zero attached hydrogens (tertiary/aromatic N) is 1. The van der Waals surface area contributed by atoms with Crippen LogP contribution in [0.1, 0.15) is 38.2 Å². The molecule has 6 nitrogen and oxygen atoms in total. The topological polar surface area (TPSA) is 78.5 Å². The number of fused-ring (bicyclic) bond motifs is 1. The lowest BCUT2D eigenvalue weighted by atomic mass is 9.99. The molecule has 7 heteroatoms. The highest BCUT2D eigenvalue weighted by atomic mass is 32.2. The molecule has 1 aromatic rings. The first-order valence-corrected chi connectivity index (χ1v) is 10.6. The number of hydrogen-bond donors (Lipinski definition) is 2. The highest BCUT2D eigenvalue weighted by Crippen LogP contribution is 2.25. The van der Waals surface area contributed by atoms with Crippen LogP contribution in [0.3, 0.4) is 0 Å². The number of carbonyl (C=O) groups excluding carboxylic acids is 1. The van der Waals surface area contributed by atoms with Gasteiger partial charge in [0.1, 0.15) is 0 Å². The number of amides is 1. The van der Waals surface area contributed by atoms with Crippen LogP contribution in [-0.2, 0) is 21.2 Å². The first-order valence-electron chi connectivity index (χ1n) is 9.09. The summed E-state index contributed by atoms with van der Waals surface area (Å²) in [6.45, 7) is 5.90. The Labute approximate surface area is 150 Å². The first kappa shape index (κ1) is 18.4. The number of anilines is 1. The van der Waals surface area contributed by atoms with E-state index in [1.807, 2.05) is 0 Å². The van der Waals surface area contributed by atoms with Crippen molar-refractivity contribution in [3.8, 4) is 0 Å². The van der Waals surface area contributed by atoms with Gasteiger partial charge in [0.15, 0.2) is 0 Å². The van der Waals surface area contributed by atoms with Gasteiger partial charge in [-0.2, -0.15) is 0 Å². The molecule has 1 amide bonds. The molecule has 138 valence electrons. The standard InChI is InChI=1S/C18H27N3O3S/c1-14-7-11-21(12-8-14)10-2-9-19-25(23,24)16-4-5-17-15(13-16)3-6-18(22)20-17/h4-5,13-14,19H,2-3,6-12H2,1H3,(H,20,22). The molecule has 0 saturated carbocycles. The van der Waals surface area contributed by atoms with E-state index in [0.29, 0.717) is 19.4 Å². The van der Waals surface area contributed by atoms with Gasteiger partial charge in [0.05, 0.1) is 4.90 Å². The van der Waals surface area contributed by atoms with E-state index in [1.54, 1.807) is 18.2 Å². The minimum absolute atomic E-state index is 0.0201. The average Bonchev–Trinajstić information content (AvgIpc) is 2.59. The lowest BCUT2D eigenvalue weighted by Gasteiger charge is -2.30. The van der Waals surface area contributed by atoms with Crippen LogP contribution in [0.5, 0.6) is 0 Å². The monoisotopic (exact) mass is 365 g/mol. The van der Waals surface area contributed by atoms with Gasteiger partial charge >= 0.3 is 0 Å². The largest absolute Gasteiger partial charge is 0.326 e. The van der Waals surface area contributed by atoms with E-state index in [-0.39, 0.29) is 10.8 Å². The van der Waals surface area contributed by atoms with Crippen molar-refractivity contribution in [2.75, 3.05) is 31.5 Å². The maximum atomic E-state index is 12.5. The van der Waals surface area contributed by atoms with Crippen molar-refractivity contribution in [3.05, 3.63) is 23.8 Å². The van der Waals surface area contributed by atoms with Gasteiger partial charge in [-0.3, -0.25) is 4.79 Å². The molecule has 2 heterocycles. The van der Waals surface area contributed by atoms with Crippen LogP contribution in [0.25, 0.3) is 0 Å². The van der Waals surface area contributed by atoms with Gasteiger partial charge in [-0.05, 0) is 75.0 Å². The number of benzene rings is 1. The fraction of sp³-hybridized carbons (Fsp3) is 0.611. The second kappa shape index (κ2) is 7.85. The predicted octanol–water partition coefficient (Wildman–Crippen LogP) is 1.97. The molecule has 2 N–H and O–H groups in total. The Kier molecular flexibility index (Phi) is 5.76. The normalized spacial score (nSPS) is 19.5. The minimum atomic E-state index is -3.50. The molecule has 0 aliphatic carbocycles. The van der Waals surface area contributed by atoms with E-state index < -0.39 is 10.0 Å². The van der Waals surface area contributed by atoms with E-state index in [9.17, 15) is 13.2 Å². The molecular weight excluding hydrogens is 338 g/mol. The van der Waals surface area contributed by atoms with Gasteiger partial charge in [0.2, 0.25) is 15.9 Å². The Morgan fingerprint density at radius 1 is 1.24 bits per heavy atom. The highest BCUT2D eigenvalue weighted by Gasteiger charge is 2.20. The van der Waals surface area contributed by atoms with Gasteiger partial charge in [-0.15, -0.1) is 0 Å². The van der Waals surface area contributed by atoms with Crippen LogP contribution in [0.4, 0.5) is 5.69 Å². The van der Waals surface area contributed by atoms with Crippen molar-refractivity contribution < 1.29 is 13.2 Å². The van der Waals surface area contributed by atoms with Crippen molar-refractivity contribution >= 4 is 21.6 Å². The predicted molar refractivity (Wildman–Crippen MR) is 98.0 cm³/mol. The minimum Gasteiger partial charge on any atom is -0.326 e. The molecule has 1 fully saturated rings. The number of hydrogen-bond acceptors (Lipinski definition) is 4. The van der Waals surface area contributed by atoms with E-state index in [4.69, 9.17) is 0 Å². The molecule has 0 unspecified atom stereocenters. The Morgan fingerprint density at radius 3 is 2.76 bits per heavy atom. The summed E-state index contributed by atoms with van der Waals surface area (Å²) in [5.41, 5.74) is 1.60. The molecule has 3 rings (SSSR count). The Bertz CT molecular complexity index is 725. The third-order valence-electron chi connectivity index (χ3n) is 5.10. The number of piperidine rings is 1. The van der Waals surface area contributed by atoms with Gasteiger partial charge in [0.25, 0.3) is 0 Å². The SMILES string of the molecule is CC1CCN(CCCNS(=O)(=O)c2ccc3c(c2)CCC(=O)N3)CC1. The third kappa shape index (κ3) is 4.80. The molecule has 0 bridgehead atoms. The molecule has 1 aromatic carbocycles. The third-order valence-corrected chi connectivity index (χ3v) is 6.56. The van der Waals surface area contributed by atoms with E-state index in [1.165, 1.54) is 12.8 Å². The van der Waals surface area contributed by atoms with Gasteiger partial charge < -0.3 is 10.2 Å². The van der Waals surface area contributed by atoms with Gasteiger partial charge in [-0.25, -0.2) is 13.1 Å². The summed E-state index contributed by atoms with van der Waals surface area (Å²) in [5, 5.41) is 2.77. The van der Waals surface area contributed by atoms with Crippen molar-refractivity contribution in [2.24, 2.45) is 5.92 Å². The quantitative estimate of drug-likeness (QED) is 0.756. The molecule has 2 aliphatic rings. The summed E-state index contributed by atoms with van der Waals surface area (Å²) < 4.78 is 27.6. The molecule has 0 radical (unpaired) electrons. The zero-order valence-corrected chi connectivity index (χ0v) is 15.6. The summed E-state index contributed by atoms with van der Waals surface area (Å²) in [6, 6.07) is 4.90. The van der Waals surface area contributed by atoms with Crippen molar-refractivity contribution in [1.82, 2.24) is 9.62 Å². The second-order valence-electron chi connectivity index (χ2n) is 7.14. The Morgan fingerprint density at radius 2 is 2.00 bits per heavy atom. The summed E-state index contributed by atoms with van der Waals surface area (Å²) in [4.78, 5) is 14.1. The zero-order chi connectivity index (χ0) is 17.9. The van der Waals surface area contributed by atoms with Crippen LogP contribution < -0.4 is 10.0 Å². The molecule has 0 atom stereocenters. The summed E-state index contributed by atoms with van der Waals surface area (Å²) in [5.74, 6) is 0.789. The zero-order valence-electron chi connectivity index (χ0n) is 14.8. The highest BCUT2D eigenvalue weighted by molar-refractivity contribution is 7.89. The second-order valence-corrected chi connectivity index (χ2v) is 8.91. The van der Waals surface area contributed by atoms with E-state index >= 15 is 0 Å². The van der Waals surface area contributed by atoms with Crippen LogP contribution in [0, 0.1) is 5.92 Å². The molecule has 25 heavy (non-hydrogen) atoms. The van der Waals surface area contributed by atoms with Crippen LogP contribution >= 0.6 is 0 Å². The van der Waals surface area contributed by atoms with Crippen LogP contribution in [0.2, 0.25) is 0 Å². The number of sulfonamides is 1. The maximum Gasteiger partial charge on any atom is 0.240 e. The summed E-state index contributed by atoms with van der Waals surface area (Å²) in [7, 11) is -3.50. The number of likely N-dealkylation sites (tertiary alicyclic amines) is 1. The molecule has 1 saturated heterocycles. The molecule has 0 spiro atoms. The number of nitrogens with one attached hydrogen (secondary N) is 2. The lowest BCUT2D eigenvalue weighted by Crippen LogP contribution is -2.35. The van der Waals surface area contributed by atoms with E-state index in [0.717, 1.165) is 43.2 Å². The fourth-order valence-electron chi connectivity index (χ4n) is 3.41. The van der Waals surface area contributed by atoms with E-state index in [2.05, 4.69) is 21.9 Å². The van der Waals surface area contributed by atoms with Gasteiger partial charge in [0, 0.05) is 18.7 Å². The average molecular weight is 365 g/mol. The van der Waals surface area contributed by atoms with Crippen LogP contribution in [0.15, 0.2) is 23.1 Å². The summed E-state index contributed by atoms with van der Waals surface area (Å²) in [6.07, 6.45) is 4.26. The number of rotatable bonds is 6. The lowest BCUT2D eigenvalue weighted by molar-refractivity contribution is -0.116. The Balaban J connectivity index is 1.51.